The molecule has 0 aliphatic carbocycles. The molecule has 2 aromatic heterocycles. The third-order valence-electron chi connectivity index (χ3n) is 5.71. The first-order valence-corrected chi connectivity index (χ1v) is 11.5. The number of hydrogen-bond acceptors (Lipinski definition) is 5. The summed E-state index contributed by atoms with van der Waals surface area (Å²) in [4.78, 5) is 21.8. The summed E-state index contributed by atoms with van der Waals surface area (Å²) in [6, 6.07) is 20.6. The van der Waals surface area contributed by atoms with Crippen LogP contribution in [0.25, 0.3) is 11.3 Å². The van der Waals surface area contributed by atoms with Gasteiger partial charge in [0.15, 0.2) is 5.82 Å². The maximum atomic E-state index is 13.6. The molecular weight excluding hydrogens is 498 g/mol. The monoisotopic (exact) mass is 519 g/mol. The highest BCUT2D eigenvalue weighted by Crippen LogP contribution is 2.31. The van der Waals surface area contributed by atoms with Crippen molar-refractivity contribution in [1.82, 2.24) is 9.97 Å². The second kappa shape index (κ2) is 11.5. The van der Waals surface area contributed by atoms with Crippen LogP contribution in [-0.4, -0.2) is 22.9 Å². The molecule has 0 aliphatic heterocycles. The van der Waals surface area contributed by atoms with Crippen molar-refractivity contribution in [2.24, 2.45) is 0 Å². The lowest BCUT2D eigenvalue weighted by Crippen LogP contribution is -2.23. The van der Waals surface area contributed by atoms with Gasteiger partial charge in [0.1, 0.15) is 5.82 Å². The summed E-state index contributed by atoms with van der Waals surface area (Å²) in [6.45, 7) is 0.244. The molecular formula is C28H21F4N5O. The van der Waals surface area contributed by atoms with Gasteiger partial charge in [-0.2, -0.15) is 18.4 Å². The summed E-state index contributed by atoms with van der Waals surface area (Å²) in [7, 11) is 0. The van der Waals surface area contributed by atoms with Gasteiger partial charge in [0.05, 0.1) is 40.8 Å². The lowest BCUT2D eigenvalue weighted by molar-refractivity contribution is -0.137. The van der Waals surface area contributed by atoms with Crippen LogP contribution in [0, 0.1) is 17.1 Å². The quantitative estimate of drug-likeness (QED) is 0.217. The highest BCUT2D eigenvalue weighted by Gasteiger charge is 2.30. The molecule has 192 valence electrons. The van der Waals surface area contributed by atoms with Crippen molar-refractivity contribution >= 4 is 17.9 Å². The molecule has 2 heterocycles. The lowest BCUT2D eigenvalue weighted by atomic mass is 10.0. The Morgan fingerprint density at radius 1 is 1.03 bits per heavy atom. The molecule has 0 atom stereocenters. The number of halogens is 4. The molecule has 0 aliphatic rings. The zero-order valence-electron chi connectivity index (χ0n) is 19.9. The highest BCUT2D eigenvalue weighted by atomic mass is 19.4. The van der Waals surface area contributed by atoms with Gasteiger partial charge in [-0.25, -0.2) is 9.37 Å². The van der Waals surface area contributed by atoms with Crippen molar-refractivity contribution in [2.45, 2.75) is 19.1 Å². The van der Waals surface area contributed by atoms with Gasteiger partial charge in [0.25, 0.3) is 0 Å². The molecule has 0 radical (unpaired) electrons. The molecule has 1 N–H and O–H groups in total. The molecule has 0 saturated heterocycles. The summed E-state index contributed by atoms with van der Waals surface area (Å²) in [5.41, 5.74) is 1.97. The third kappa shape index (κ3) is 6.31. The van der Waals surface area contributed by atoms with Gasteiger partial charge in [0, 0.05) is 18.3 Å². The second-order valence-corrected chi connectivity index (χ2v) is 8.30. The van der Waals surface area contributed by atoms with E-state index in [1.54, 1.807) is 48.5 Å². The van der Waals surface area contributed by atoms with Gasteiger partial charge < -0.3 is 10.2 Å². The predicted molar refractivity (Wildman–Crippen MR) is 134 cm³/mol. The molecule has 0 fully saturated rings. The minimum Gasteiger partial charge on any atom is -0.368 e. The molecule has 0 spiro atoms. The van der Waals surface area contributed by atoms with E-state index in [9.17, 15) is 27.6 Å². The molecule has 38 heavy (non-hydrogen) atoms. The highest BCUT2D eigenvalue weighted by molar-refractivity contribution is 5.83. The Morgan fingerprint density at radius 2 is 1.84 bits per heavy atom. The van der Waals surface area contributed by atoms with Crippen molar-refractivity contribution in [3.63, 3.8) is 0 Å². The average molecular weight is 520 g/mol. The van der Waals surface area contributed by atoms with Gasteiger partial charge >= 0.3 is 6.18 Å². The zero-order chi connectivity index (χ0) is 27.1. The van der Waals surface area contributed by atoms with Crippen LogP contribution >= 0.6 is 0 Å². The SMILES string of the molecule is N#Cc1ccccc1-c1ccc(N(C=O)Cc2ccc(C(F)(F)F)cn2)c(NCCc2cccc(F)c2)n1. The number of nitrogens with zero attached hydrogens (tertiary/aromatic N) is 4. The second-order valence-electron chi connectivity index (χ2n) is 8.30. The van der Waals surface area contributed by atoms with Gasteiger partial charge in [-0.15, -0.1) is 0 Å². The number of hydrogen-bond donors (Lipinski definition) is 1. The first-order chi connectivity index (χ1) is 18.3. The van der Waals surface area contributed by atoms with Crippen molar-refractivity contribution in [3.05, 3.63) is 107 Å². The van der Waals surface area contributed by atoms with Crippen LogP contribution in [0.3, 0.4) is 0 Å². The Bertz CT molecular complexity index is 1470. The van der Waals surface area contributed by atoms with Gasteiger partial charge in [-0.3, -0.25) is 9.78 Å². The van der Waals surface area contributed by atoms with Crippen LogP contribution in [0.5, 0.6) is 0 Å². The third-order valence-corrected chi connectivity index (χ3v) is 5.71. The van der Waals surface area contributed by atoms with Gasteiger partial charge in [-0.05, 0) is 54.4 Å². The summed E-state index contributed by atoms with van der Waals surface area (Å²) in [5, 5.41) is 12.7. The molecule has 0 bridgehead atoms. The Kier molecular flexibility index (Phi) is 7.97. The van der Waals surface area contributed by atoms with E-state index in [0.29, 0.717) is 47.7 Å². The molecule has 10 heteroatoms. The van der Waals surface area contributed by atoms with Gasteiger partial charge in [0.2, 0.25) is 6.41 Å². The fraction of sp³-hybridized carbons (Fsp3) is 0.143. The van der Waals surface area contributed by atoms with Crippen LogP contribution < -0.4 is 10.2 Å². The standard InChI is InChI=1S/C28H21F4N5O/c29-22-6-3-4-19(14-22)12-13-34-27-26(11-10-25(36-27)24-7-2-1-5-20(24)15-33)37(18-38)17-23-9-8-21(16-35-23)28(30,31)32/h1-11,14,16,18H,12-13,17H2,(H,34,36). The topological polar surface area (TPSA) is 81.9 Å². The molecule has 4 aromatic rings. The fourth-order valence-electron chi connectivity index (χ4n) is 3.82. The van der Waals surface area contributed by atoms with Crippen molar-refractivity contribution in [1.29, 1.82) is 5.26 Å². The number of nitrogens with one attached hydrogen (secondary N) is 1. The minimum absolute atomic E-state index is 0.101. The summed E-state index contributed by atoms with van der Waals surface area (Å²) in [6.07, 6.45) is -2.80. The molecule has 0 unspecified atom stereocenters. The Labute approximate surface area is 216 Å². The lowest BCUT2D eigenvalue weighted by Gasteiger charge is -2.21. The summed E-state index contributed by atoms with van der Waals surface area (Å²) in [5.74, 6) is -0.0433. The predicted octanol–water partition coefficient (Wildman–Crippen LogP) is 5.99. The van der Waals surface area contributed by atoms with E-state index in [1.807, 2.05) is 0 Å². The minimum atomic E-state index is -4.52. The van der Waals surface area contributed by atoms with E-state index in [4.69, 9.17) is 0 Å². The molecule has 1 amide bonds. The smallest absolute Gasteiger partial charge is 0.368 e. The Balaban J connectivity index is 1.64. The number of alkyl halides is 3. The van der Waals surface area contributed by atoms with E-state index in [-0.39, 0.29) is 18.1 Å². The Hall–Kier alpha value is -4.78. The number of aromatic nitrogens is 2. The van der Waals surface area contributed by atoms with Crippen LogP contribution in [0.1, 0.15) is 22.4 Å². The maximum absolute atomic E-state index is 13.6. The van der Waals surface area contributed by atoms with Crippen molar-refractivity contribution < 1.29 is 22.4 Å². The number of benzene rings is 2. The van der Waals surface area contributed by atoms with Crippen LogP contribution in [0.4, 0.5) is 29.1 Å². The normalized spacial score (nSPS) is 11.0. The van der Waals surface area contributed by atoms with E-state index >= 15 is 0 Å². The molecule has 2 aromatic carbocycles. The first-order valence-electron chi connectivity index (χ1n) is 11.5. The molecule has 6 nitrogen and oxygen atoms in total. The maximum Gasteiger partial charge on any atom is 0.417 e. The van der Waals surface area contributed by atoms with Crippen molar-refractivity contribution in [2.75, 3.05) is 16.8 Å². The van der Waals surface area contributed by atoms with Crippen LogP contribution in [-0.2, 0) is 23.9 Å². The van der Waals surface area contributed by atoms with Crippen molar-refractivity contribution in [3.8, 4) is 17.3 Å². The molecule has 0 saturated carbocycles. The fourth-order valence-corrected chi connectivity index (χ4v) is 3.82. The largest absolute Gasteiger partial charge is 0.417 e. The van der Waals surface area contributed by atoms with E-state index < -0.39 is 11.7 Å². The van der Waals surface area contributed by atoms with E-state index in [1.165, 1.54) is 23.1 Å². The number of amides is 1. The summed E-state index contributed by atoms with van der Waals surface area (Å²) >= 11 is 0. The number of pyridine rings is 2. The number of anilines is 2. The van der Waals surface area contributed by atoms with Crippen LogP contribution in [0.2, 0.25) is 0 Å². The Morgan fingerprint density at radius 3 is 2.53 bits per heavy atom. The average Bonchev–Trinajstić information content (AvgIpc) is 2.91. The number of carbonyl (C=O) groups is 1. The number of nitriles is 1. The summed E-state index contributed by atoms with van der Waals surface area (Å²) < 4.78 is 52.3. The van der Waals surface area contributed by atoms with E-state index in [0.717, 1.165) is 17.8 Å². The van der Waals surface area contributed by atoms with E-state index in [2.05, 4.69) is 21.4 Å². The zero-order valence-corrected chi connectivity index (χ0v) is 19.9. The molecule has 4 rings (SSSR count). The number of rotatable bonds is 9. The first kappa shape index (κ1) is 26.3. The van der Waals surface area contributed by atoms with Gasteiger partial charge in [-0.1, -0.05) is 30.3 Å². The van der Waals surface area contributed by atoms with Crippen LogP contribution in [0.15, 0.2) is 79.0 Å². The number of carbonyl (C=O) groups excluding carboxylic acids is 1.